The summed E-state index contributed by atoms with van der Waals surface area (Å²) >= 11 is 0. The van der Waals surface area contributed by atoms with Crippen molar-refractivity contribution in [3.05, 3.63) is 53.7 Å². The molecule has 0 atom stereocenters. The molecule has 2 aromatic rings. The zero-order valence-corrected chi connectivity index (χ0v) is 11.5. The second-order valence-electron chi connectivity index (χ2n) is 4.39. The van der Waals surface area contributed by atoms with Crippen molar-refractivity contribution in [3.8, 4) is 0 Å². The van der Waals surface area contributed by atoms with Gasteiger partial charge in [0, 0.05) is 6.54 Å². The van der Waals surface area contributed by atoms with E-state index in [0.29, 0.717) is 5.82 Å². The van der Waals surface area contributed by atoms with Gasteiger partial charge in [-0.1, -0.05) is 19.1 Å². The van der Waals surface area contributed by atoms with Crippen LogP contribution < -0.4 is 10.6 Å². The molecule has 21 heavy (non-hydrogen) atoms. The topological polar surface area (TPSA) is 54.0 Å². The lowest BCUT2D eigenvalue weighted by Crippen LogP contribution is -2.16. The average Bonchev–Trinajstić information content (AvgIpc) is 2.50. The Labute approximate surface area is 121 Å². The number of aromatic nitrogens is 1. The largest absolute Gasteiger partial charge is 0.370 e. The van der Waals surface area contributed by atoms with Crippen molar-refractivity contribution in [1.29, 1.82) is 0 Å². The number of nitrogens with one attached hydrogen (secondary N) is 2. The summed E-state index contributed by atoms with van der Waals surface area (Å²) in [4.78, 5) is 16.1. The van der Waals surface area contributed by atoms with E-state index in [9.17, 15) is 13.6 Å². The summed E-state index contributed by atoms with van der Waals surface area (Å²) in [7, 11) is 0. The molecule has 1 amide bonds. The van der Waals surface area contributed by atoms with Crippen molar-refractivity contribution in [1.82, 2.24) is 4.98 Å². The average molecular weight is 291 g/mol. The first-order valence-corrected chi connectivity index (χ1v) is 6.58. The van der Waals surface area contributed by atoms with E-state index in [1.165, 1.54) is 18.2 Å². The Morgan fingerprint density at radius 1 is 1.19 bits per heavy atom. The van der Waals surface area contributed by atoms with Crippen LogP contribution in [0.1, 0.15) is 23.8 Å². The molecule has 6 heteroatoms. The van der Waals surface area contributed by atoms with E-state index in [4.69, 9.17) is 0 Å². The second kappa shape index (κ2) is 6.78. The van der Waals surface area contributed by atoms with Crippen LogP contribution in [0.15, 0.2) is 36.4 Å². The molecule has 0 aliphatic rings. The van der Waals surface area contributed by atoms with Crippen molar-refractivity contribution in [3.63, 3.8) is 0 Å². The summed E-state index contributed by atoms with van der Waals surface area (Å²) in [6.45, 7) is 2.74. The van der Waals surface area contributed by atoms with Crippen molar-refractivity contribution >= 4 is 17.4 Å². The molecule has 0 spiro atoms. The van der Waals surface area contributed by atoms with Gasteiger partial charge in [0.25, 0.3) is 5.91 Å². The Balaban J connectivity index is 2.15. The second-order valence-corrected chi connectivity index (χ2v) is 4.39. The predicted octanol–water partition coefficient (Wildman–Crippen LogP) is 3.43. The van der Waals surface area contributed by atoms with Crippen LogP contribution >= 0.6 is 0 Å². The lowest BCUT2D eigenvalue weighted by molar-refractivity contribution is 0.102. The van der Waals surface area contributed by atoms with E-state index >= 15 is 0 Å². The highest BCUT2D eigenvalue weighted by atomic mass is 19.2. The Morgan fingerprint density at radius 3 is 2.71 bits per heavy atom. The van der Waals surface area contributed by atoms with Crippen LogP contribution in [0, 0.1) is 11.6 Å². The zero-order chi connectivity index (χ0) is 15.2. The van der Waals surface area contributed by atoms with Crippen LogP contribution in [0.5, 0.6) is 0 Å². The third-order valence-corrected chi connectivity index (χ3v) is 2.74. The molecule has 0 aliphatic heterocycles. The van der Waals surface area contributed by atoms with Gasteiger partial charge < -0.3 is 10.6 Å². The van der Waals surface area contributed by atoms with Crippen molar-refractivity contribution in [2.24, 2.45) is 0 Å². The number of anilines is 2. The summed E-state index contributed by atoms with van der Waals surface area (Å²) in [6.07, 6.45) is 0.923. The third-order valence-electron chi connectivity index (χ3n) is 2.74. The fourth-order valence-corrected chi connectivity index (χ4v) is 1.70. The van der Waals surface area contributed by atoms with Crippen LogP contribution in [0.3, 0.4) is 0 Å². The molecular weight excluding hydrogens is 276 g/mol. The van der Waals surface area contributed by atoms with E-state index in [1.54, 1.807) is 12.1 Å². The maximum absolute atomic E-state index is 13.5. The molecule has 4 nitrogen and oxygen atoms in total. The highest BCUT2D eigenvalue weighted by Crippen LogP contribution is 2.17. The van der Waals surface area contributed by atoms with Crippen LogP contribution in [0.25, 0.3) is 0 Å². The fraction of sp³-hybridized carbons (Fsp3) is 0.200. The molecule has 110 valence electrons. The molecule has 0 saturated heterocycles. The van der Waals surface area contributed by atoms with Crippen LogP contribution in [-0.4, -0.2) is 17.4 Å². The number of carbonyl (C=O) groups is 1. The summed E-state index contributed by atoms with van der Waals surface area (Å²) in [5.74, 6) is -2.14. The Morgan fingerprint density at radius 2 is 1.95 bits per heavy atom. The van der Waals surface area contributed by atoms with E-state index in [2.05, 4.69) is 15.6 Å². The molecule has 2 rings (SSSR count). The van der Waals surface area contributed by atoms with Gasteiger partial charge in [-0.2, -0.15) is 0 Å². The van der Waals surface area contributed by atoms with E-state index in [-0.39, 0.29) is 11.4 Å². The predicted molar refractivity (Wildman–Crippen MR) is 77.3 cm³/mol. The van der Waals surface area contributed by atoms with Gasteiger partial charge in [0.15, 0.2) is 11.6 Å². The van der Waals surface area contributed by atoms with Crippen LogP contribution in [0.4, 0.5) is 20.3 Å². The Kier molecular flexibility index (Phi) is 4.81. The number of pyridine rings is 1. The first kappa shape index (κ1) is 14.9. The zero-order valence-electron chi connectivity index (χ0n) is 11.5. The molecule has 0 aliphatic carbocycles. The van der Waals surface area contributed by atoms with Gasteiger partial charge in [-0.05, 0) is 30.7 Å². The number of amides is 1. The third kappa shape index (κ3) is 3.75. The van der Waals surface area contributed by atoms with Gasteiger partial charge in [0.05, 0.1) is 5.69 Å². The van der Waals surface area contributed by atoms with Crippen LogP contribution in [0.2, 0.25) is 0 Å². The molecular formula is C15H15F2N3O. The monoisotopic (exact) mass is 291 g/mol. The lowest BCUT2D eigenvalue weighted by atomic mass is 10.2. The summed E-state index contributed by atoms with van der Waals surface area (Å²) in [6, 6.07) is 8.50. The van der Waals surface area contributed by atoms with Gasteiger partial charge in [0.1, 0.15) is 11.5 Å². The number of hydrogen-bond acceptors (Lipinski definition) is 3. The number of halogens is 2. The minimum atomic E-state index is -1.09. The van der Waals surface area contributed by atoms with Crippen LogP contribution in [-0.2, 0) is 0 Å². The van der Waals surface area contributed by atoms with Gasteiger partial charge in [-0.15, -0.1) is 0 Å². The first-order valence-electron chi connectivity index (χ1n) is 6.58. The van der Waals surface area contributed by atoms with E-state index in [1.807, 2.05) is 6.92 Å². The number of hydrogen-bond donors (Lipinski definition) is 2. The number of rotatable bonds is 5. The Hall–Kier alpha value is -2.50. The molecule has 0 unspecified atom stereocenters. The molecule has 0 bridgehead atoms. The highest BCUT2D eigenvalue weighted by Gasteiger charge is 2.13. The maximum atomic E-state index is 13.5. The minimum absolute atomic E-state index is 0.125. The molecule has 2 N–H and O–H groups in total. The standard InChI is InChI=1S/C15H15F2N3O/c1-2-9-18-13-8-4-7-12(19-13)15(21)20-11-6-3-5-10(16)14(11)17/h3-8H,2,9H2,1H3,(H,18,19)(H,20,21). The summed E-state index contributed by atoms with van der Waals surface area (Å²) in [5, 5.41) is 5.36. The number of carbonyl (C=O) groups excluding carboxylic acids is 1. The lowest BCUT2D eigenvalue weighted by Gasteiger charge is -2.08. The summed E-state index contributed by atoms with van der Waals surface area (Å²) in [5.41, 5.74) is -0.0894. The Bertz CT molecular complexity index is 647. The quantitative estimate of drug-likeness (QED) is 0.887. The van der Waals surface area contributed by atoms with Gasteiger partial charge >= 0.3 is 0 Å². The van der Waals surface area contributed by atoms with Crippen molar-refractivity contribution in [2.45, 2.75) is 13.3 Å². The number of nitrogens with zero attached hydrogens (tertiary/aromatic N) is 1. The van der Waals surface area contributed by atoms with Crippen molar-refractivity contribution in [2.75, 3.05) is 17.2 Å². The summed E-state index contributed by atoms with van der Waals surface area (Å²) < 4.78 is 26.6. The van der Waals surface area contributed by atoms with Gasteiger partial charge in [-0.3, -0.25) is 4.79 Å². The smallest absolute Gasteiger partial charge is 0.274 e. The molecule has 1 aromatic carbocycles. The fourth-order valence-electron chi connectivity index (χ4n) is 1.70. The molecule has 0 radical (unpaired) electrons. The highest BCUT2D eigenvalue weighted by molar-refractivity contribution is 6.03. The van der Waals surface area contributed by atoms with Gasteiger partial charge in [0.2, 0.25) is 0 Å². The van der Waals surface area contributed by atoms with Gasteiger partial charge in [-0.25, -0.2) is 13.8 Å². The molecule has 0 fully saturated rings. The minimum Gasteiger partial charge on any atom is -0.370 e. The first-order chi connectivity index (χ1) is 10.1. The van der Waals surface area contributed by atoms with E-state index in [0.717, 1.165) is 19.0 Å². The molecule has 1 aromatic heterocycles. The normalized spacial score (nSPS) is 10.2. The van der Waals surface area contributed by atoms with E-state index < -0.39 is 17.5 Å². The van der Waals surface area contributed by atoms with Crippen molar-refractivity contribution < 1.29 is 13.6 Å². The number of benzene rings is 1. The maximum Gasteiger partial charge on any atom is 0.274 e. The molecule has 0 saturated carbocycles. The molecule has 1 heterocycles. The SMILES string of the molecule is CCCNc1cccc(C(=O)Nc2cccc(F)c2F)n1.